The molecule has 3 heterocycles. The molecule has 1 unspecified atom stereocenters. The summed E-state index contributed by atoms with van der Waals surface area (Å²) in [6.45, 7) is 0.505. The van der Waals surface area contributed by atoms with Crippen LogP contribution in [-0.4, -0.2) is 23.6 Å². The Balaban J connectivity index is 1.44. The number of hydrogen-bond acceptors (Lipinski definition) is 5. The quantitative estimate of drug-likeness (QED) is 0.793. The molecular weight excluding hydrogens is 320 g/mol. The van der Waals surface area contributed by atoms with Crippen LogP contribution in [0.15, 0.2) is 65.4 Å². The predicted octanol–water partition coefficient (Wildman–Crippen LogP) is 2.80. The maximum atomic E-state index is 12.4. The van der Waals surface area contributed by atoms with E-state index >= 15 is 0 Å². The van der Waals surface area contributed by atoms with E-state index in [2.05, 4.69) is 10.3 Å². The van der Waals surface area contributed by atoms with Crippen molar-refractivity contribution in [1.29, 1.82) is 0 Å². The van der Waals surface area contributed by atoms with Crippen molar-refractivity contribution in [2.45, 2.75) is 12.6 Å². The Bertz CT molecular complexity index is 877. The molecule has 0 saturated heterocycles. The number of amides is 1. The molecule has 1 N–H and O–H groups in total. The van der Waals surface area contributed by atoms with Gasteiger partial charge in [-0.2, -0.15) is 0 Å². The maximum Gasteiger partial charge on any atom is 0.264 e. The molecule has 6 heteroatoms. The lowest BCUT2D eigenvalue weighted by Gasteiger charge is -2.25. The Morgan fingerprint density at radius 2 is 2.00 bits per heavy atom. The summed E-state index contributed by atoms with van der Waals surface area (Å²) in [4.78, 5) is 16.8. The standard InChI is InChI=1S/C19H16N2O4/c22-19(17-12-24-14-6-1-2-7-15(14)25-17)21-11-13-5-3-9-20-18(13)16-8-4-10-23-16/h1-10,17H,11-12H2,(H,21,22). The molecule has 126 valence electrons. The number of para-hydroxylation sites is 2. The van der Waals surface area contributed by atoms with Gasteiger partial charge in [0.05, 0.1) is 6.26 Å². The molecule has 1 amide bonds. The number of rotatable bonds is 4. The lowest BCUT2D eigenvalue weighted by molar-refractivity contribution is -0.130. The van der Waals surface area contributed by atoms with Gasteiger partial charge in [0.25, 0.3) is 5.91 Å². The molecule has 4 rings (SSSR count). The van der Waals surface area contributed by atoms with Crippen LogP contribution >= 0.6 is 0 Å². The average Bonchev–Trinajstić information content (AvgIpc) is 3.20. The summed E-state index contributed by atoms with van der Waals surface area (Å²) in [5, 5.41) is 2.88. The molecule has 0 bridgehead atoms. The Morgan fingerprint density at radius 3 is 2.84 bits per heavy atom. The van der Waals surface area contributed by atoms with Crippen LogP contribution in [0.2, 0.25) is 0 Å². The number of fused-ring (bicyclic) bond motifs is 1. The van der Waals surface area contributed by atoms with Crippen LogP contribution in [-0.2, 0) is 11.3 Å². The van der Waals surface area contributed by atoms with E-state index < -0.39 is 6.10 Å². The summed E-state index contributed by atoms with van der Waals surface area (Å²) in [7, 11) is 0. The number of furan rings is 1. The molecule has 1 aliphatic rings. The van der Waals surface area contributed by atoms with E-state index in [0.29, 0.717) is 29.5 Å². The van der Waals surface area contributed by atoms with Gasteiger partial charge in [0.15, 0.2) is 17.3 Å². The second-order valence-electron chi connectivity index (χ2n) is 5.57. The molecule has 1 aliphatic heterocycles. The van der Waals surface area contributed by atoms with Gasteiger partial charge >= 0.3 is 0 Å². The molecule has 6 nitrogen and oxygen atoms in total. The van der Waals surface area contributed by atoms with Crippen LogP contribution < -0.4 is 14.8 Å². The summed E-state index contributed by atoms with van der Waals surface area (Å²) in [5.74, 6) is 1.66. The third kappa shape index (κ3) is 3.19. The van der Waals surface area contributed by atoms with E-state index in [9.17, 15) is 4.79 Å². The van der Waals surface area contributed by atoms with Crippen LogP contribution in [0, 0.1) is 0 Å². The van der Waals surface area contributed by atoms with Gasteiger partial charge in [0, 0.05) is 18.3 Å². The Morgan fingerprint density at radius 1 is 1.12 bits per heavy atom. The SMILES string of the molecule is O=C(NCc1cccnc1-c1ccco1)C1COc2ccccc2O1. The summed E-state index contributed by atoms with van der Waals surface area (Å²) in [6, 6.07) is 14.7. The van der Waals surface area contributed by atoms with Gasteiger partial charge in [-0.05, 0) is 30.3 Å². The van der Waals surface area contributed by atoms with Gasteiger partial charge in [-0.1, -0.05) is 18.2 Å². The van der Waals surface area contributed by atoms with E-state index in [1.165, 1.54) is 0 Å². The first-order chi connectivity index (χ1) is 12.3. The first kappa shape index (κ1) is 15.3. The highest BCUT2D eigenvalue weighted by Crippen LogP contribution is 2.31. The number of pyridine rings is 1. The van der Waals surface area contributed by atoms with Crippen LogP contribution in [0.4, 0.5) is 0 Å². The number of hydrogen-bond donors (Lipinski definition) is 1. The Hall–Kier alpha value is -3.28. The lowest BCUT2D eigenvalue weighted by Crippen LogP contribution is -2.43. The normalized spacial score (nSPS) is 15.6. The van der Waals surface area contributed by atoms with Crippen molar-refractivity contribution in [2.75, 3.05) is 6.61 Å². The minimum absolute atomic E-state index is 0.181. The smallest absolute Gasteiger partial charge is 0.264 e. The van der Waals surface area contributed by atoms with Gasteiger partial charge in [-0.25, -0.2) is 0 Å². The van der Waals surface area contributed by atoms with Crippen molar-refractivity contribution >= 4 is 5.91 Å². The fourth-order valence-corrected chi connectivity index (χ4v) is 2.66. The van der Waals surface area contributed by atoms with Gasteiger partial charge in [-0.3, -0.25) is 9.78 Å². The van der Waals surface area contributed by atoms with Crippen molar-refractivity contribution in [3.8, 4) is 23.0 Å². The second kappa shape index (κ2) is 6.68. The number of benzene rings is 1. The van der Waals surface area contributed by atoms with E-state index in [1.807, 2.05) is 36.4 Å². The summed E-state index contributed by atoms with van der Waals surface area (Å²) in [6.07, 6.45) is 2.61. The van der Waals surface area contributed by atoms with Gasteiger partial charge in [0.1, 0.15) is 12.3 Å². The number of ether oxygens (including phenoxy) is 2. The highest BCUT2D eigenvalue weighted by Gasteiger charge is 2.27. The van der Waals surface area contributed by atoms with Gasteiger partial charge in [0.2, 0.25) is 6.10 Å². The number of nitrogens with one attached hydrogen (secondary N) is 1. The zero-order valence-electron chi connectivity index (χ0n) is 13.3. The van der Waals surface area contributed by atoms with Crippen LogP contribution in [0.25, 0.3) is 11.5 Å². The van der Waals surface area contributed by atoms with E-state index in [1.54, 1.807) is 24.6 Å². The van der Waals surface area contributed by atoms with Crippen molar-refractivity contribution < 1.29 is 18.7 Å². The second-order valence-corrected chi connectivity index (χ2v) is 5.57. The van der Waals surface area contributed by atoms with Gasteiger partial charge < -0.3 is 19.2 Å². The summed E-state index contributed by atoms with van der Waals surface area (Å²) < 4.78 is 16.7. The van der Waals surface area contributed by atoms with Crippen LogP contribution in [0.3, 0.4) is 0 Å². The monoisotopic (exact) mass is 336 g/mol. The van der Waals surface area contributed by atoms with Gasteiger partial charge in [-0.15, -0.1) is 0 Å². The fourth-order valence-electron chi connectivity index (χ4n) is 2.66. The number of nitrogens with zero attached hydrogens (tertiary/aromatic N) is 1. The minimum Gasteiger partial charge on any atom is -0.485 e. The largest absolute Gasteiger partial charge is 0.485 e. The van der Waals surface area contributed by atoms with E-state index in [-0.39, 0.29) is 12.5 Å². The van der Waals surface area contributed by atoms with E-state index in [0.717, 1.165) is 5.56 Å². The third-order valence-corrected chi connectivity index (χ3v) is 3.90. The molecule has 25 heavy (non-hydrogen) atoms. The molecule has 0 saturated carbocycles. The van der Waals surface area contributed by atoms with Crippen molar-refractivity contribution in [3.63, 3.8) is 0 Å². The molecular formula is C19H16N2O4. The molecule has 3 aromatic rings. The lowest BCUT2D eigenvalue weighted by atomic mass is 10.1. The van der Waals surface area contributed by atoms with E-state index in [4.69, 9.17) is 13.9 Å². The topological polar surface area (TPSA) is 73.6 Å². The molecule has 1 aromatic carbocycles. The number of aromatic nitrogens is 1. The number of carbonyl (C=O) groups excluding carboxylic acids is 1. The number of carbonyl (C=O) groups is 1. The van der Waals surface area contributed by atoms with Crippen molar-refractivity contribution in [1.82, 2.24) is 10.3 Å². The average molecular weight is 336 g/mol. The molecule has 0 radical (unpaired) electrons. The third-order valence-electron chi connectivity index (χ3n) is 3.90. The first-order valence-corrected chi connectivity index (χ1v) is 7.95. The molecule has 0 fully saturated rings. The maximum absolute atomic E-state index is 12.4. The molecule has 2 aromatic heterocycles. The zero-order valence-corrected chi connectivity index (χ0v) is 13.3. The molecule has 0 aliphatic carbocycles. The van der Waals surface area contributed by atoms with Crippen molar-refractivity contribution in [2.24, 2.45) is 0 Å². The van der Waals surface area contributed by atoms with Crippen LogP contribution in [0.5, 0.6) is 11.5 Å². The minimum atomic E-state index is -0.682. The Labute approximate surface area is 144 Å². The zero-order chi connectivity index (χ0) is 17.1. The fraction of sp³-hybridized carbons (Fsp3) is 0.158. The van der Waals surface area contributed by atoms with Crippen LogP contribution in [0.1, 0.15) is 5.56 Å². The highest BCUT2D eigenvalue weighted by atomic mass is 16.6. The Kier molecular flexibility index (Phi) is 4.08. The summed E-state index contributed by atoms with van der Waals surface area (Å²) >= 11 is 0. The van der Waals surface area contributed by atoms with Crippen molar-refractivity contribution in [3.05, 3.63) is 66.6 Å². The predicted molar refractivity (Wildman–Crippen MR) is 90.1 cm³/mol. The summed E-state index contributed by atoms with van der Waals surface area (Å²) in [5.41, 5.74) is 1.57. The molecule has 1 atom stereocenters. The molecule has 0 spiro atoms. The highest BCUT2D eigenvalue weighted by molar-refractivity contribution is 5.82. The first-order valence-electron chi connectivity index (χ1n) is 7.95.